The molecule has 0 saturated carbocycles. The van der Waals surface area contributed by atoms with Crippen LogP contribution in [0.2, 0.25) is 0 Å². The van der Waals surface area contributed by atoms with Gasteiger partial charge < -0.3 is 9.88 Å². The molecule has 6 heteroatoms. The molecule has 2 heterocycles. The molecule has 1 aliphatic rings. The van der Waals surface area contributed by atoms with Crippen LogP contribution in [0.1, 0.15) is 12.8 Å². The lowest BCUT2D eigenvalue weighted by molar-refractivity contribution is 0.530. The van der Waals surface area contributed by atoms with E-state index in [0.29, 0.717) is 5.25 Å². The Kier molecular flexibility index (Phi) is 4.71. The summed E-state index contributed by atoms with van der Waals surface area (Å²) in [5, 5.41) is 13.0. The standard InChI is InChI=1S/C8H14N4S.ClH/c1-12-6-10-11-8(12)13-7-2-4-9-5-3-7;/h6-7,9H,2-5H2,1H3;1H. The van der Waals surface area contributed by atoms with Gasteiger partial charge in [0.25, 0.3) is 0 Å². The van der Waals surface area contributed by atoms with Crippen molar-refractivity contribution < 1.29 is 0 Å². The van der Waals surface area contributed by atoms with E-state index in [2.05, 4.69) is 15.5 Å². The topological polar surface area (TPSA) is 42.7 Å². The van der Waals surface area contributed by atoms with Gasteiger partial charge in [0.2, 0.25) is 0 Å². The van der Waals surface area contributed by atoms with Gasteiger partial charge in [0, 0.05) is 12.3 Å². The molecule has 0 spiro atoms. The first-order valence-electron chi connectivity index (χ1n) is 4.57. The number of hydrogen-bond donors (Lipinski definition) is 1. The summed E-state index contributed by atoms with van der Waals surface area (Å²) < 4.78 is 1.98. The van der Waals surface area contributed by atoms with Gasteiger partial charge in [0.15, 0.2) is 5.16 Å². The number of hydrogen-bond acceptors (Lipinski definition) is 4. The molecule has 1 saturated heterocycles. The first-order chi connectivity index (χ1) is 6.36. The smallest absolute Gasteiger partial charge is 0.191 e. The Morgan fingerprint density at radius 3 is 2.79 bits per heavy atom. The van der Waals surface area contributed by atoms with Gasteiger partial charge >= 0.3 is 0 Å². The maximum Gasteiger partial charge on any atom is 0.191 e. The second-order valence-electron chi connectivity index (χ2n) is 3.29. The van der Waals surface area contributed by atoms with Crippen molar-refractivity contribution in [1.29, 1.82) is 0 Å². The van der Waals surface area contributed by atoms with Gasteiger partial charge in [-0.05, 0) is 25.9 Å². The Morgan fingerprint density at radius 2 is 2.21 bits per heavy atom. The largest absolute Gasteiger partial charge is 0.317 e. The lowest BCUT2D eigenvalue weighted by Crippen LogP contribution is -2.29. The highest BCUT2D eigenvalue weighted by molar-refractivity contribution is 7.99. The number of rotatable bonds is 2. The minimum absolute atomic E-state index is 0. The van der Waals surface area contributed by atoms with Gasteiger partial charge in [-0.2, -0.15) is 0 Å². The maximum absolute atomic E-state index is 4.07. The predicted octanol–water partition coefficient (Wildman–Crippen LogP) is 1.08. The molecule has 0 bridgehead atoms. The molecule has 1 aromatic rings. The molecular formula is C8H15ClN4S. The van der Waals surface area contributed by atoms with Gasteiger partial charge in [-0.15, -0.1) is 22.6 Å². The highest BCUT2D eigenvalue weighted by atomic mass is 35.5. The van der Waals surface area contributed by atoms with E-state index in [-0.39, 0.29) is 12.4 Å². The van der Waals surface area contributed by atoms with Crippen LogP contribution in [0.25, 0.3) is 0 Å². The molecule has 0 aliphatic carbocycles. The second kappa shape index (κ2) is 5.58. The summed E-state index contributed by atoms with van der Waals surface area (Å²) in [5.41, 5.74) is 0. The van der Waals surface area contributed by atoms with Crippen molar-refractivity contribution in [3.05, 3.63) is 6.33 Å². The molecule has 1 N–H and O–H groups in total. The normalized spacial score (nSPS) is 17.8. The van der Waals surface area contributed by atoms with E-state index >= 15 is 0 Å². The third-order valence-corrected chi connectivity index (χ3v) is 3.61. The quantitative estimate of drug-likeness (QED) is 0.832. The highest BCUT2D eigenvalue weighted by Crippen LogP contribution is 2.26. The number of aromatic nitrogens is 3. The first kappa shape index (κ1) is 11.8. The fourth-order valence-corrected chi connectivity index (χ4v) is 2.52. The molecule has 0 aromatic carbocycles. The Labute approximate surface area is 94.3 Å². The van der Waals surface area contributed by atoms with Crippen LogP contribution in [-0.2, 0) is 7.05 Å². The van der Waals surface area contributed by atoms with Gasteiger partial charge in [0.05, 0.1) is 0 Å². The van der Waals surface area contributed by atoms with Crippen molar-refractivity contribution in [2.45, 2.75) is 23.2 Å². The SMILES string of the molecule is Cl.Cn1cnnc1SC1CCNCC1. The van der Waals surface area contributed by atoms with Crippen LogP contribution in [0.3, 0.4) is 0 Å². The molecule has 14 heavy (non-hydrogen) atoms. The summed E-state index contributed by atoms with van der Waals surface area (Å²) in [5.74, 6) is 0. The van der Waals surface area contributed by atoms with Crippen molar-refractivity contribution >= 4 is 24.2 Å². The summed E-state index contributed by atoms with van der Waals surface area (Å²) in [4.78, 5) is 0. The Hall–Kier alpha value is -0.260. The van der Waals surface area contributed by atoms with E-state index in [1.807, 2.05) is 23.4 Å². The Bertz CT molecular complexity index is 272. The van der Waals surface area contributed by atoms with E-state index in [0.717, 1.165) is 18.2 Å². The molecule has 1 aliphatic heterocycles. The minimum Gasteiger partial charge on any atom is -0.317 e. The van der Waals surface area contributed by atoms with Gasteiger partial charge in [0.1, 0.15) is 6.33 Å². The van der Waals surface area contributed by atoms with Gasteiger partial charge in [-0.1, -0.05) is 11.8 Å². The molecule has 2 rings (SSSR count). The van der Waals surface area contributed by atoms with E-state index in [1.54, 1.807) is 6.33 Å². The number of thioether (sulfide) groups is 1. The van der Waals surface area contributed by atoms with E-state index in [4.69, 9.17) is 0 Å². The van der Waals surface area contributed by atoms with E-state index < -0.39 is 0 Å². The number of piperidine rings is 1. The monoisotopic (exact) mass is 234 g/mol. The maximum atomic E-state index is 4.07. The number of nitrogens with zero attached hydrogens (tertiary/aromatic N) is 3. The van der Waals surface area contributed by atoms with Crippen molar-refractivity contribution in [2.75, 3.05) is 13.1 Å². The van der Waals surface area contributed by atoms with E-state index in [9.17, 15) is 0 Å². The van der Waals surface area contributed by atoms with Crippen LogP contribution in [0, 0.1) is 0 Å². The predicted molar refractivity (Wildman–Crippen MR) is 60.0 cm³/mol. The van der Waals surface area contributed by atoms with Crippen LogP contribution >= 0.6 is 24.2 Å². The lowest BCUT2D eigenvalue weighted by Gasteiger charge is -2.21. The second-order valence-corrected chi connectivity index (χ2v) is 4.56. The van der Waals surface area contributed by atoms with Crippen LogP contribution in [0.15, 0.2) is 11.5 Å². The zero-order valence-electron chi connectivity index (χ0n) is 8.14. The highest BCUT2D eigenvalue weighted by Gasteiger charge is 2.16. The summed E-state index contributed by atoms with van der Waals surface area (Å²) in [6.07, 6.45) is 4.22. The molecule has 0 amide bonds. The van der Waals surface area contributed by atoms with Crippen molar-refractivity contribution in [3.8, 4) is 0 Å². The number of nitrogens with one attached hydrogen (secondary N) is 1. The average Bonchev–Trinajstić information content (AvgIpc) is 2.54. The van der Waals surface area contributed by atoms with Crippen LogP contribution in [-0.4, -0.2) is 33.1 Å². The Balaban J connectivity index is 0.000000980. The van der Waals surface area contributed by atoms with Gasteiger partial charge in [-0.3, -0.25) is 0 Å². The number of halogens is 1. The zero-order valence-corrected chi connectivity index (χ0v) is 9.77. The van der Waals surface area contributed by atoms with Gasteiger partial charge in [-0.25, -0.2) is 0 Å². The van der Waals surface area contributed by atoms with Crippen molar-refractivity contribution in [2.24, 2.45) is 7.05 Å². The summed E-state index contributed by atoms with van der Waals surface area (Å²) in [6.45, 7) is 2.27. The minimum atomic E-state index is 0. The molecule has 1 aromatic heterocycles. The van der Waals surface area contributed by atoms with E-state index in [1.165, 1.54) is 12.8 Å². The number of aryl methyl sites for hydroxylation is 1. The summed E-state index contributed by atoms with van der Waals surface area (Å²) in [6, 6.07) is 0. The molecule has 0 radical (unpaired) electrons. The van der Waals surface area contributed by atoms with Crippen LogP contribution in [0.5, 0.6) is 0 Å². The lowest BCUT2D eigenvalue weighted by atomic mass is 10.2. The first-order valence-corrected chi connectivity index (χ1v) is 5.45. The van der Waals surface area contributed by atoms with Crippen LogP contribution < -0.4 is 5.32 Å². The molecule has 0 atom stereocenters. The zero-order chi connectivity index (χ0) is 9.10. The molecule has 1 fully saturated rings. The third-order valence-electron chi connectivity index (χ3n) is 2.23. The van der Waals surface area contributed by atoms with Crippen molar-refractivity contribution in [1.82, 2.24) is 20.1 Å². The molecular weight excluding hydrogens is 220 g/mol. The molecule has 4 nitrogen and oxygen atoms in total. The summed E-state index contributed by atoms with van der Waals surface area (Å²) >= 11 is 1.85. The molecule has 80 valence electrons. The average molecular weight is 235 g/mol. The van der Waals surface area contributed by atoms with Crippen LogP contribution in [0.4, 0.5) is 0 Å². The third kappa shape index (κ3) is 2.87. The summed E-state index contributed by atoms with van der Waals surface area (Å²) in [7, 11) is 1.99. The Morgan fingerprint density at radius 1 is 1.50 bits per heavy atom. The fourth-order valence-electron chi connectivity index (χ4n) is 1.44. The molecule has 0 unspecified atom stereocenters. The fraction of sp³-hybridized carbons (Fsp3) is 0.750. The van der Waals surface area contributed by atoms with Crippen molar-refractivity contribution in [3.63, 3.8) is 0 Å².